The number of ether oxygens (including phenoxy) is 1. The van der Waals surface area contributed by atoms with Gasteiger partial charge in [-0.3, -0.25) is 9.20 Å². The molecule has 0 bridgehead atoms. The fourth-order valence-corrected chi connectivity index (χ4v) is 3.19. The van der Waals surface area contributed by atoms with Crippen molar-refractivity contribution in [2.24, 2.45) is 0 Å². The Morgan fingerprint density at radius 3 is 2.78 bits per heavy atom. The zero-order valence-electron chi connectivity index (χ0n) is 15.1. The lowest BCUT2D eigenvalue weighted by Crippen LogP contribution is -2.18. The third-order valence-corrected chi connectivity index (χ3v) is 4.50. The van der Waals surface area contributed by atoms with Crippen LogP contribution < -0.4 is 15.9 Å². The Kier molecular flexibility index (Phi) is 4.24. The summed E-state index contributed by atoms with van der Waals surface area (Å²) in [6, 6.07) is 13.9. The van der Waals surface area contributed by atoms with E-state index in [1.807, 2.05) is 38.1 Å². The predicted octanol–water partition coefficient (Wildman–Crippen LogP) is 3.25. The van der Waals surface area contributed by atoms with E-state index in [-0.39, 0.29) is 17.8 Å². The van der Waals surface area contributed by atoms with Gasteiger partial charge in [-0.2, -0.15) is 0 Å². The van der Waals surface area contributed by atoms with Crippen LogP contribution in [0.3, 0.4) is 0 Å². The van der Waals surface area contributed by atoms with Crippen LogP contribution in [-0.4, -0.2) is 9.38 Å². The van der Waals surface area contributed by atoms with Gasteiger partial charge in [-0.15, -0.1) is 0 Å². The molecule has 0 aliphatic heterocycles. The number of nitrogens with zero attached hydrogens (tertiary/aromatic N) is 2. The Morgan fingerprint density at radius 1 is 1.11 bits per heavy atom. The molecule has 0 fully saturated rings. The molecule has 3 aromatic heterocycles. The molecule has 0 saturated heterocycles. The highest BCUT2D eigenvalue weighted by molar-refractivity contribution is 5.81. The lowest BCUT2D eigenvalue weighted by Gasteiger charge is -2.09. The van der Waals surface area contributed by atoms with Gasteiger partial charge in [-0.05, 0) is 43.2 Å². The molecule has 0 unspecified atom stereocenters. The second-order valence-electron chi connectivity index (χ2n) is 6.34. The van der Waals surface area contributed by atoms with Crippen molar-refractivity contribution in [1.82, 2.24) is 9.38 Å². The third kappa shape index (κ3) is 3.21. The maximum Gasteiger partial charge on any atom is 0.336 e. The van der Waals surface area contributed by atoms with Crippen LogP contribution in [0.15, 0.2) is 62.5 Å². The molecule has 0 atom stereocenters. The molecule has 1 aromatic carbocycles. The molecule has 4 rings (SSSR count). The van der Waals surface area contributed by atoms with Gasteiger partial charge in [0, 0.05) is 29.3 Å². The molecule has 0 N–H and O–H groups in total. The van der Waals surface area contributed by atoms with Crippen molar-refractivity contribution in [3.05, 3.63) is 86.3 Å². The summed E-state index contributed by atoms with van der Waals surface area (Å²) in [7, 11) is 0. The molecule has 6 nitrogen and oxygen atoms in total. The molecule has 27 heavy (non-hydrogen) atoms. The van der Waals surface area contributed by atoms with E-state index in [9.17, 15) is 9.59 Å². The van der Waals surface area contributed by atoms with Gasteiger partial charge in [0.25, 0.3) is 5.56 Å². The van der Waals surface area contributed by atoms with Crippen LogP contribution in [0, 0.1) is 6.92 Å². The Labute approximate surface area is 154 Å². The van der Waals surface area contributed by atoms with Crippen molar-refractivity contribution in [2.45, 2.75) is 26.9 Å². The van der Waals surface area contributed by atoms with Gasteiger partial charge in [0.15, 0.2) is 0 Å². The smallest absolute Gasteiger partial charge is 0.336 e. The van der Waals surface area contributed by atoms with Crippen molar-refractivity contribution in [3.8, 4) is 5.75 Å². The zero-order chi connectivity index (χ0) is 19.0. The number of aromatic nitrogens is 2. The van der Waals surface area contributed by atoms with Crippen molar-refractivity contribution >= 4 is 16.6 Å². The molecule has 3 heterocycles. The molecular formula is C21H18N2O4. The molecule has 6 heteroatoms. The van der Waals surface area contributed by atoms with E-state index in [0.29, 0.717) is 22.7 Å². The first-order chi connectivity index (χ1) is 13.0. The summed E-state index contributed by atoms with van der Waals surface area (Å²) in [6.45, 7) is 3.99. The fourth-order valence-electron chi connectivity index (χ4n) is 3.19. The zero-order valence-corrected chi connectivity index (χ0v) is 15.1. The van der Waals surface area contributed by atoms with Crippen molar-refractivity contribution in [1.29, 1.82) is 0 Å². The van der Waals surface area contributed by atoms with Crippen LogP contribution in [-0.2, 0) is 13.0 Å². The van der Waals surface area contributed by atoms with Crippen LogP contribution in [0.1, 0.15) is 23.9 Å². The lowest BCUT2D eigenvalue weighted by atomic mass is 10.1. The minimum Gasteiger partial charge on any atom is -0.487 e. The van der Waals surface area contributed by atoms with Crippen LogP contribution >= 0.6 is 0 Å². The van der Waals surface area contributed by atoms with E-state index < -0.39 is 0 Å². The van der Waals surface area contributed by atoms with Gasteiger partial charge in [-0.25, -0.2) is 9.78 Å². The molecule has 0 saturated carbocycles. The summed E-state index contributed by atoms with van der Waals surface area (Å²) < 4.78 is 12.6. The Morgan fingerprint density at radius 2 is 1.96 bits per heavy atom. The highest BCUT2D eigenvalue weighted by atomic mass is 16.5. The van der Waals surface area contributed by atoms with E-state index >= 15 is 0 Å². The Balaban J connectivity index is 1.65. The van der Waals surface area contributed by atoms with Crippen molar-refractivity contribution in [2.75, 3.05) is 0 Å². The van der Waals surface area contributed by atoms with Crippen LogP contribution in [0.4, 0.5) is 0 Å². The maximum atomic E-state index is 12.3. The number of aryl methyl sites for hydroxylation is 2. The molecule has 0 aliphatic rings. The Hall–Kier alpha value is -3.41. The van der Waals surface area contributed by atoms with Crippen molar-refractivity contribution in [3.63, 3.8) is 0 Å². The maximum absolute atomic E-state index is 12.3. The average Bonchev–Trinajstić information content (AvgIpc) is 2.65. The summed E-state index contributed by atoms with van der Waals surface area (Å²) in [5, 5.41) is 0.891. The average molecular weight is 362 g/mol. The molecule has 0 radical (unpaired) electrons. The molecule has 0 amide bonds. The largest absolute Gasteiger partial charge is 0.487 e. The second-order valence-corrected chi connectivity index (χ2v) is 6.34. The summed E-state index contributed by atoms with van der Waals surface area (Å²) in [5.41, 5.74) is 2.85. The number of benzene rings is 1. The van der Waals surface area contributed by atoms with E-state index in [1.54, 1.807) is 16.5 Å². The summed E-state index contributed by atoms with van der Waals surface area (Å²) in [6.07, 6.45) is 0.743. The van der Waals surface area contributed by atoms with E-state index in [0.717, 1.165) is 23.1 Å². The van der Waals surface area contributed by atoms with Crippen LogP contribution in [0.25, 0.3) is 16.6 Å². The molecule has 0 spiro atoms. The quantitative estimate of drug-likeness (QED) is 0.521. The minimum atomic E-state index is -0.379. The SMILES string of the molecule is CCc1cc(=O)oc2cc(OCc3cc(=O)n4c(C)cccc4n3)ccc12. The van der Waals surface area contributed by atoms with E-state index in [2.05, 4.69) is 4.98 Å². The standard InChI is InChI=1S/C21H18N2O4/c1-3-14-9-21(25)27-18-11-16(7-8-17(14)18)26-12-15-10-20(24)23-13(2)5-4-6-19(23)22-15/h4-11H,3,12H2,1-2H3. The highest BCUT2D eigenvalue weighted by Crippen LogP contribution is 2.23. The number of fused-ring (bicyclic) bond motifs is 2. The Bertz CT molecular complexity index is 1270. The van der Waals surface area contributed by atoms with Gasteiger partial charge >= 0.3 is 5.63 Å². The summed E-state index contributed by atoms with van der Waals surface area (Å²) in [5.74, 6) is 0.546. The van der Waals surface area contributed by atoms with Crippen LogP contribution in [0.2, 0.25) is 0 Å². The highest BCUT2D eigenvalue weighted by Gasteiger charge is 2.08. The van der Waals surface area contributed by atoms with Crippen molar-refractivity contribution < 1.29 is 9.15 Å². The number of hydrogen-bond acceptors (Lipinski definition) is 5. The van der Waals surface area contributed by atoms with Gasteiger partial charge in [0.05, 0.1) is 5.69 Å². The van der Waals surface area contributed by atoms with Gasteiger partial charge in [-0.1, -0.05) is 13.0 Å². The predicted molar refractivity (Wildman–Crippen MR) is 102 cm³/mol. The topological polar surface area (TPSA) is 73.8 Å². The lowest BCUT2D eigenvalue weighted by molar-refractivity contribution is 0.301. The van der Waals surface area contributed by atoms with Gasteiger partial charge in [0.2, 0.25) is 0 Å². The fraction of sp³-hybridized carbons (Fsp3) is 0.190. The molecule has 0 aliphatic carbocycles. The first kappa shape index (κ1) is 17.0. The van der Waals surface area contributed by atoms with E-state index in [4.69, 9.17) is 9.15 Å². The molecular weight excluding hydrogens is 344 g/mol. The summed E-state index contributed by atoms with van der Waals surface area (Å²) in [4.78, 5) is 28.5. The monoisotopic (exact) mass is 362 g/mol. The van der Waals surface area contributed by atoms with E-state index in [1.165, 1.54) is 12.1 Å². The van der Waals surface area contributed by atoms with Gasteiger partial charge < -0.3 is 9.15 Å². The molecule has 136 valence electrons. The first-order valence-electron chi connectivity index (χ1n) is 8.73. The summed E-state index contributed by atoms with van der Waals surface area (Å²) >= 11 is 0. The van der Waals surface area contributed by atoms with Crippen LogP contribution in [0.5, 0.6) is 5.75 Å². The van der Waals surface area contributed by atoms with Gasteiger partial charge in [0.1, 0.15) is 23.6 Å². The first-order valence-corrected chi connectivity index (χ1v) is 8.73. The minimum absolute atomic E-state index is 0.142. The number of pyridine rings is 1. The number of hydrogen-bond donors (Lipinski definition) is 0. The normalized spacial score (nSPS) is 11.2. The third-order valence-electron chi connectivity index (χ3n) is 4.50. The second kappa shape index (κ2) is 6.72. The number of rotatable bonds is 4. The molecule has 4 aromatic rings.